The van der Waals surface area contributed by atoms with E-state index in [1.54, 1.807) is 7.11 Å². The molecule has 0 amide bonds. The zero-order valence-electron chi connectivity index (χ0n) is 14.9. The van der Waals surface area contributed by atoms with Gasteiger partial charge in [-0.1, -0.05) is 57.2 Å². The van der Waals surface area contributed by atoms with Gasteiger partial charge in [0, 0.05) is 0 Å². The summed E-state index contributed by atoms with van der Waals surface area (Å²) in [7, 11) is 1.62. The molecular formula is C21H26O3. The Kier molecular flexibility index (Phi) is 6.02. The van der Waals surface area contributed by atoms with Crippen molar-refractivity contribution in [3.8, 4) is 5.75 Å². The summed E-state index contributed by atoms with van der Waals surface area (Å²) in [6, 6.07) is 13.9. The van der Waals surface area contributed by atoms with Gasteiger partial charge in [-0.15, -0.1) is 0 Å². The van der Waals surface area contributed by atoms with E-state index >= 15 is 0 Å². The topological polar surface area (TPSA) is 46.5 Å². The van der Waals surface area contributed by atoms with Crippen LogP contribution in [0, 0.1) is 0 Å². The maximum absolute atomic E-state index is 11.8. The SMILES string of the molecule is CCc1ccc(OC)c(CC(C(=O)O)c2ccc(C(C)C)cc2)c1. The fourth-order valence-corrected chi connectivity index (χ4v) is 2.89. The molecule has 0 aliphatic heterocycles. The van der Waals surface area contributed by atoms with Gasteiger partial charge in [-0.05, 0) is 47.1 Å². The van der Waals surface area contributed by atoms with Crippen LogP contribution in [0.25, 0.3) is 0 Å². The number of ether oxygens (including phenoxy) is 1. The molecule has 2 aromatic carbocycles. The Morgan fingerprint density at radius 2 is 1.71 bits per heavy atom. The van der Waals surface area contributed by atoms with Crippen molar-refractivity contribution < 1.29 is 14.6 Å². The van der Waals surface area contributed by atoms with Crippen LogP contribution in [0.5, 0.6) is 5.75 Å². The Bertz CT molecular complexity index is 687. The molecular weight excluding hydrogens is 300 g/mol. The second kappa shape index (κ2) is 8.00. The van der Waals surface area contributed by atoms with E-state index < -0.39 is 11.9 Å². The van der Waals surface area contributed by atoms with Crippen LogP contribution in [0.3, 0.4) is 0 Å². The number of aryl methyl sites for hydroxylation is 1. The predicted molar refractivity (Wildman–Crippen MR) is 97.0 cm³/mol. The zero-order valence-corrected chi connectivity index (χ0v) is 14.9. The average molecular weight is 326 g/mol. The summed E-state index contributed by atoms with van der Waals surface area (Å²) in [4.78, 5) is 11.8. The van der Waals surface area contributed by atoms with Gasteiger partial charge in [-0.2, -0.15) is 0 Å². The zero-order chi connectivity index (χ0) is 17.7. The Morgan fingerprint density at radius 3 is 2.21 bits per heavy atom. The lowest BCUT2D eigenvalue weighted by atomic mass is 9.89. The standard InChI is InChI=1S/C21H26O3/c1-5-15-6-11-20(24-4)18(12-15)13-19(21(22)23)17-9-7-16(8-10-17)14(2)3/h6-12,14,19H,5,13H2,1-4H3,(H,22,23). The largest absolute Gasteiger partial charge is 0.496 e. The number of carboxylic acid groups (broad SMARTS) is 1. The lowest BCUT2D eigenvalue weighted by Gasteiger charge is -2.17. The maximum Gasteiger partial charge on any atom is 0.311 e. The van der Waals surface area contributed by atoms with E-state index in [4.69, 9.17) is 4.74 Å². The second-order valence-corrected chi connectivity index (χ2v) is 6.42. The van der Waals surface area contributed by atoms with Crippen LogP contribution in [0.1, 0.15) is 54.9 Å². The number of hydrogen-bond donors (Lipinski definition) is 1. The Balaban J connectivity index is 2.34. The summed E-state index contributed by atoms with van der Waals surface area (Å²) < 4.78 is 5.42. The van der Waals surface area contributed by atoms with E-state index in [0.717, 1.165) is 23.3 Å². The molecule has 1 unspecified atom stereocenters. The van der Waals surface area contributed by atoms with Gasteiger partial charge in [0.15, 0.2) is 0 Å². The summed E-state index contributed by atoms with van der Waals surface area (Å²) in [6.07, 6.45) is 1.34. The Labute approximate surface area is 144 Å². The van der Waals surface area contributed by atoms with Crippen molar-refractivity contribution in [1.29, 1.82) is 0 Å². The Morgan fingerprint density at radius 1 is 1.08 bits per heavy atom. The van der Waals surface area contributed by atoms with Crippen molar-refractivity contribution in [3.63, 3.8) is 0 Å². The van der Waals surface area contributed by atoms with Crippen molar-refractivity contribution in [3.05, 3.63) is 64.7 Å². The van der Waals surface area contributed by atoms with Gasteiger partial charge in [-0.3, -0.25) is 4.79 Å². The molecule has 24 heavy (non-hydrogen) atoms. The summed E-state index contributed by atoms with van der Waals surface area (Å²) in [6.45, 7) is 6.35. The molecule has 0 aliphatic rings. The molecule has 0 heterocycles. The first-order valence-corrected chi connectivity index (χ1v) is 8.44. The third-order valence-corrected chi connectivity index (χ3v) is 4.48. The smallest absolute Gasteiger partial charge is 0.311 e. The molecule has 0 aromatic heterocycles. The number of rotatable bonds is 7. The van der Waals surface area contributed by atoms with Gasteiger partial charge >= 0.3 is 5.97 Å². The van der Waals surface area contributed by atoms with Crippen molar-refractivity contribution in [2.45, 2.75) is 45.4 Å². The predicted octanol–water partition coefficient (Wildman–Crippen LogP) is 4.79. The van der Waals surface area contributed by atoms with Crippen molar-refractivity contribution in [2.24, 2.45) is 0 Å². The van der Waals surface area contributed by atoms with E-state index in [9.17, 15) is 9.90 Å². The minimum atomic E-state index is -0.809. The number of methoxy groups -OCH3 is 1. The van der Waals surface area contributed by atoms with Crippen LogP contribution in [0.2, 0.25) is 0 Å². The molecule has 2 rings (SSSR count). The highest BCUT2D eigenvalue weighted by atomic mass is 16.5. The molecule has 0 saturated heterocycles. The number of hydrogen-bond acceptors (Lipinski definition) is 2. The molecule has 0 spiro atoms. The Hall–Kier alpha value is -2.29. The first kappa shape index (κ1) is 18.1. The molecule has 0 fully saturated rings. The number of aliphatic carboxylic acids is 1. The minimum Gasteiger partial charge on any atom is -0.496 e. The first-order valence-electron chi connectivity index (χ1n) is 8.44. The normalized spacial score (nSPS) is 12.2. The van der Waals surface area contributed by atoms with Gasteiger partial charge < -0.3 is 9.84 Å². The van der Waals surface area contributed by atoms with Crippen molar-refractivity contribution in [1.82, 2.24) is 0 Å². The van der Waals surface area contributed by atoms with Gasteiger partial charge in [0.05, 0.1) is 13.0 Å². The second-order valence-electron chi connectivity index (χ2n) is 6.42. The molecule has 2 aromatic rings. The molecule has 0 bridgehead atoms. The first-order chi connectivity index (χ1) is 11.5. The summed E-state index contributed by atoms with van der Waals surface area (Å²) in [5.74, 6) is -0.204. The number of carboxylic acids is 1. The van der Waals surface area contributed by atoms with E-state index in [1.807, 2.05) is 36.4 Å². The summed E-state index contributed by atoms with van der Waals surface area (Å²) in [5.41, 5.74) is 4.17. The molecule has 1 N–H and O–H groups in total. The minimum absolute atomic E-state index is 0.424. The lowest BCUT2D eigenvalue weighted by Crippen LogP contribution is -2.15. The molecule has 0 saturated carbocycles. The van der Waals surface area contributed by atoms with Crippen LogP contribution in [-0.2, 0) is 17.6 Å². The molecule has 128 valence electrons. The van der Waals surface area contributed by atoms with Crippen LogP contribution in [0.4, 0.5) is 0 Å². The highest BCUT2D eigenvalue weighted by Crippen LogP contribution is 2.29. The van der Waals surface area contributed by atoms with Crippen LogP contribution in [0.15, 0.2) is 42.5 Å². The highest BCUT2D eigenvalue weighted by molar-refractivity contribution is 5.76. The fraction of sp³-hybridized carbons (Fsp3) is 0.381. The van der Waals surface area contributed by atoms with Crippen molar-refractivity contribution >= 4 is 5.97 Å². The van der Waals surface area contributed by atoms with Gasteiger partial charge in [0.25, 0.3) is 0 Å². The molecule has 3 heteroatoms. The van der Waals surface area contributed by atoms with E-state index in [0.29, 0.717) is 12.3 Å². The summed E-state index contributed by atoms with van der Waals surface area (Å²) >= 11 is 0. The van der Waals surface area contributed by atoms with Gasteiger partial charge in [0.1, 0.15) is 5.75 Å². The highest BCUT2D eigenvalue weighted by Gasteiger charge is 2.22. The summed E-state index contributed by atoms with van der Waals surface area (Å²) in [5, 5.41) is 9.72. The fourth-order valence-electron chi connectivity index (χ4n) is 2.89. The van der Waals surface area contributed by atoms with Crippen LogP contribution >= 0.6 is 0 Å². The van der Waals surface area contributed by atoms with Gasteiger partial charge in [-0.25, -0.2) is 0 Å². The third-order valence-electron chi connectivity index (χ3n) is 4.48. The quantitative estimate of drug-likeness (QED) is 0.795. The third kappa shape index (κ3) is 4.16. The molecule has 0 aliphatic carbocycles. The average Bonchev–Trinajstić information content (AvgIpc) is 2.59. The van der Waals surface area contributed by atoms with Gasteiger partial charge in [0.2, 0.25) is 0 Å². The lowest BCUT2D eigenvalue weighted by molar-refractivity contribution is -0.138. The van der Waals surface area contributed by atoms with E-state index in [-0.39, 0.29) is 0 Å². The molecule has 3 nitrogen and oxygen atoms in total. The van der Waals surface area contributed by atoms with E-state index in [2.05, 4.69) is 26.8 Å². The van der Waals surface area contributed by atoms with E-state index in [1.165, 1.54) is 11.1 Å². The maximum atomic E-state index is 11.8. The number of benzene rings is 2. The van der Waals surface area contributed by atoms with Crippen LogP contribution in [-0.4, -0.2) is 18.2 Å². The monoisotopic (exact) mass is 326 g/mol. The number of carbonyl (C=O) groups is 1. The molecule has 0 radical (unpaired) electrons. The van der Waals surface area contributed by atoms with Crippen molar-refractivity contribution in [2.75, 3.05) is 7.11 Å². The molecule has 1 atom stereocenters. The van der Waals surface area contributed by atoms with Crippen LogP contribution < -0.4 is 4.74 Å².